The second-order valence-corrected chi connectivity index (χ2v) is 5.58. The standard InChI is InChI=1S/C16H20N4O/c1-2-16(8-10-17-11-9-16)15(21)14-12-18-19-20(14)13-6-4-3-5-7-13/h3-7,12,17H,2,8-11H2,1H3. The van der Waals surface area contributed by atoms with E-state index in [1.165, 1.54) is 0 Å². The molecule has 110 valence electrons. The van der Waals surface area contributed by atoms with Gasteiger partial charge >= 0.3 is 0 Å². The van der Waals surface area contributed by atoms with Gasteiger partial charge in [0.25, 0.3) is 0 Å². The van der Waals surface area contributed by atoms with E-state index in [-0.39, 0.29) is 11.2 Å². The molecule has 0 saturated carbocycles. The first-order valence-corrected chi connectivity index (χ1v) is 7.48. The van der Waals surface area contributed by atoms with Crippen molar-refractivity contribution >= 4 is 5.78 Å². The summed E-state index contributed by atoms with van der Waals surface area (Å²) in [6.45, 7) is 3.89. The van der Waals surface area contributed by atoms with Crippen LogP contribution in [0.4, 0.5) is 0 Å². The summed E-state index contributed by atoms with van der Waals surface area (Å²) in [5.74, 6) is 0.167. The molecule has 1 aliphatic rings. The maximum absolute atomic E-state index is 13.1. The Labute approximate surface area is 124 Å². The smallest absolute Gasteiger partial charge is 0.189 e. The molecule has 0 atom stereocenters. The number of aromatic nitrogens is 3. The molecule has 1 saturated heterocycles. The van der Waals surface area contributed by atoms with Crippen LogP contribution in [0.15, 0.2) is 36.5 Å². The molecule has 0 aliphatic carbocycles. The maximum Gasteiger partial charge on any atom is 0.189 e. The highest BCUT2D eigenvalue weighted by atomic mass is 16.1. The quantitative estimate of drug-likeness (QED) is 0.875. The monoisotopic (exact) mass is 284 g/mol. The van der Waals surface area contributed by atoms with Crippen molar-refractivity contribution in [1.82, 2.24) is 20.3 Å². The molecule has 2 heterocycles. The summed E-state index contributed by atoms with van der Waals surface area (Å²) in [6, 6.07) is 9.69. The molecular formula is C16H20N4O. The van der Waals surface area contributed by atoms with Crippen molar-refractivity contribution in [2.24, 2.45) is 5.41 Å². The summed E-state index contributed by atoms with van der Waals surface area (Å²) in [5, 5.41) is 11.4. The van der Waals surface area contributed by atoms with Gasteiger partial charge in [-0.15, -0.1) is 5.10 Å². The van der Waals surface area contributed by atoms with Gasteiger partial charge in [-0.05, 0) is 44.5 Å². The van der Waals surface area contributed by atoms with Gasteiger partial charge in [0.15, 0.2) is 5.78 Å². The second kappa shape index (κ2) is 5.77. The summed E-state index contributed by atoms with van der Waals surface area (Å²) in [6.07, 6.45) is 4.20. The number of piperidine rings is 1. The van der Waals surface area contributed by atoms with Crippen molar-refractivity contribution in [3.8, 4) is 5.69 Å². The Hall–Kier alpha value is -2.01. The molecule has 3 rings (SSSR count). The van der Waals surface area contributed by atoms with Gasteiger partial charge in [0, 0.05) is 5.41 Å². The minimum absolute atomic E-state index is 0.167. The summed E-state index contributed by atoms with van der Waals surface area (Å²) in [5.41, 5.74) is 1.18. The summed E-state index contributed by atoms with van der Waals surface area (Å²) < 4.78 is 1.65. The van der Waals surface area contributed by atoms with E-state index in [1.54, 1.807) is 10.9 Å². The molecule has 1 N–H and O–H groups in total. The Balaban J connectivity index is 1.97. The van der Waals surface area contributed by atoms with Crippen LogP contribution in [0.2, 0.25) is 0 Å². The van der Waals surface area contributed by atoms with E-state index in [0.717, 1.165) is 38.0 Å². The van der Waals surface area contributed by atoms with E-state index in [0.29, 0.717) is 5.69 Å². The van der Waals surface area contributed by atoms with Gasteiger partial charge in [0.1, 0.15) is 5.69 Å². The molecule has 1 aromatic carbocycles. The lowest BCUT2D eigenvalue weighted by Crippen LogP contribution is -2.42. The third kappa shape index (κ3) is 2.49. The van der Waals surface area contributed by atoms with E-state index in [9.17, 15) is 4.79 Å². The molecule has 2 aromatic rings. The molecule has 0 spiro atoms. The average Bonchev–Trinajstić information content (AvgIpc) is 3.05. The minimum atomic E-state index is -0.278. The molecule has 21 heavy (non-hydrogen) atoms. The lowest BCUT2D eigenvalue weighted by Gasteiger charge is -2.35. The van der Waals surface area contributed by atoms with Crippen LogP contribution in [0.5, 0.6) is 0 Å². The van der Waals surface area contributed by atoms with Crippen LogP contribution in [0.1, 0.15) is 36.7 Å². The van der Waals surface area contributed by atoms with Crippen molar-refractivity contribution in [3.63, 3.8) is 0 Å². The molecule has 1 aromatic heterocycles. The maximum atomic E-state index is 13.1. The SMILES string of the molecule is CCC1(C(=O)c2cnnn2-c2ccccc2)CCNCC1. The average molecular weight is 284 g/mol. The largest absolute Gasteiger partial charge is 0.317 e. The first kappa shape index (κ1) is 13.9. The molecule has 0 amide bonds. The number of carbonyl (C=O) groups is 1. The molecule has 5 nitrogen and oxygen atoms in total. The van der Waals surface area contributed by atoms with Crippen LogP contribution in [-0.2, 0) is 0 Å². The highest BCUT2D eigenvalue weighted by Crippen LogP contribution is 2.36. The van der Waals surface area contributed by atoms with Crippen LogP contribution < -0.4 is 5.32 Å². The van der Waals surface area contributed by atoms with Crippen molar-refractivity contribution in [1.29, 1.82) is 0 Å². The third-order valence-electron chi connectivity index (χ3n) is 4.50. The molecule has 1 fully saturated rings. The number of carbonyl (C=O) groups excluding carboxylic acids is 1. The van der Waals surface area contributed by atoms with Crippen LogP contribution in [-0.4, -0.2) is 33.9 Å². The van der Waals surface area contributed by atoms with Crippen LogP contribution in [0.25, 0.3) is 5.69 Å². The van der Waals surface area contributed by atoms with Gasteiger partial charge in [-0.2, -0.15) is 0 Å². The van der Waals surface area contributed by atoms with E-state index < -0.39 is 0 Å². The summed E-state index contributed by atoms with van der Waals surface area (Å²) >= 11 is 0. The fourth-order valence-electron chi connectivity index (χ4n) is 3.07. The number of nitrogens with one attached hydrogen (secondary N) is 1. The third-order valence-corrected chi connectivity index (χ3v) is 4.50. The Bertz CT molecular complexity index is 614. The highest BCUT2D eigenvalue weighted by molar-refractivity contribution is 5.99. The zero-order chi connectivity index (χ0) is 14.7. The number of hydrogen-bond donors (Lipinski definition) is 1. The number of Topliss-reactive ketones (excluding diaryl/α,β-unsaturated/α-hetero) is 1. The number of ketones is 1. The van der Waals surface area contributed by atoms with Gasteiger partial charge < -0.3 is 5.32 Å². The highest BCUT2D eigenvalue weighted by Gasteiger charge is 2.39. The minimum Gasteiger partial charge on any atom is -0.317 e. The number of rotatable bonds is 4. The van der Waals surface area contributed by atoms with Crippen molar-refractivity contribution in [2.75, 3.05) is 13.1 Å². The topological polar surface area (TPSA) is 59.8 Å². The van der Waals surface area contributed by atoms with Crippen LogP contribution in [0.3, 0.4) is 0 Å². The van der Waals surface area contributed by atoms with Crippen LogP contribution in [0, 0.1) is 5.41 Å². The van der Waals surface area contributed by atoms with Crippen LogP contribution >= 0.6 is 0 Å². The van der Waals surface area contributed by atoms with Crippen molar-refractivity contribution in [3.05, 3.63) is 42.2 Å². The van der Waals surface area contributed by atoms with Gasteiger partial charge in [0.05, 0.1) is 11.9 Å². The van der Waals surface area contributed by atoms with E-state index in [1.807, 2.05) is 30.3 Å². The van der Waals surface area contributed by atoms with Crippen molar-refractivity contribution in [2.45, 2.75) is 26.2 Å². The van der Waals surface area contributed by atoms with Gasteiger partial charge in [-0.25, -0.2) is 4.68 Å². The summed E-state index contributed by atoms with van der Waals surface area (Å²) in [4.78, 5) is 13.1. The Morgan fingerprint density at radius 3 is 2.67 bits per heavy atom. The molecule has 0 bridgehead atoms. The number of hydrogen-bond acceptors (Lipinski definition) is 4. The predicted octanol–water partition coefficient (Wildman–Crippen LogP) is 2.23. The first-order chi connectivity index (χ1) is 10.3. The second-order valence-electron chi connectivity index (χ2n) is 5.58. The van der Waals surface area contributed by atoms with Gasteiger partial charge in [-0.3, -0.25) is 4.79 Å². The Kier molecular flexibility index (Phi) is 3.84. The number of benzene rings is 1. The van der Waals surface area contributed by atoms with Crippen molar-refractivity contribution < 1.29 is 4.79 Å². The first-order valence-electron chi connectivity index (χ1n) is 7.48. The molecule has 5 heteroatoms. The number of para-hydroxylation sites is 1. The Morgan fingerprint density at radius 1 is 1.29 bits per heavy atom. The fraction of sp³-hybridized carbons (Fsp3) is 0.438. The fourth-order valence-corrected chi connectivity index (χ4v) is 3.07. The zero-order valence-electron chi connectivity index (χ0n) is 12.2. The lowest BCUT2D eigenvalue weighted by molar-refractivity contribution is 0.0708. The number of nitrogens with zero attached hydrogens (tertiary/aromatic N) is 3. The van der Waals surface area contributed by atoms with Gasteiger partial charge in [0.2, 0.25) is 0 Å². The van der Waals surface area contributed by atoms with Gasteiger partial charge in [-0.1, -0.05) is 30.3 Å². The van der Waals surface area contributed by atoms with E-state index >= 15 is 0 Å². The molecule has 0 unspecified atom stereocenters. The normalized spacial score (nSPS) is 17.6. The van der Waals surface area contributed by atoms with E-state index in [4.69, 9.17) is 0 Å². The summed E-state index contributed by atoms with van der Waals surface area (Å²) in [7, 11) is 0. The molecule has 0 radical (unpaired) electrons. The lowest BCUT2D eigenvalue weighted by atomic mass is 9.72. The molecular weight excluding hydrogens is 264 g/mol. The Morgan fingerprint density at radius 2 is 2.00 bits per heavy atom. The molecule has 1 aliphatic heterocycles. The van der Waals surface area contributed by atoms with E-state index in [2.05, 4.69) is 22.6 Å². The zero-order valence-corrected chi connectivity index (χ0v) is 12.2. The predicted molar refractivity (Wildman–Crippen MR) is 80.5 cm³/mol.